The maximum atomic E-state index is 13.6. The average Bonchev–Trinajstić information content (AvgIpc) is 3.64. The van der Waals surface area contributed by atoms with Crippen LogP contribution in [-0.2, 0) is 16.6 Å². The van der Waals surface area contributed by atoms with Crippen LogP contribution in [0.5, 0.6) is 5.75 Å². The van der Waals surface area contributed by atoms with Gasteiger partial charge < -0.3 is 9.84 Å². The Labute approximate surface area is 202 Å². The van der Waals surface area contributed by atoms with Gasteiger partial charge >= 0.3 is 0 Å². The van der Waals surface area contributed by atoms with Crippen LogP contribution in [0.1, 0.15) is 37.8 Å². The van der Waals surface area contributed by atoms with E-state index in [2.05, 4.69) is 21.7 Å². The Morgan fingerprint density at radius 2 is 2.12 bits per heavy atom. The van der Waals surface area contributed by atoms with Crippen molar-refractivity contribution in [3.05, 3.63) is 53.9 Å². The van der Waals surface area contributed by atoms with E-state index < -0.39 is 16.1 Å². The number of ether oxygens (including phenoxy) is 1. The van der Waals surface area contributed by atoms with E-state index in [4.69, 9.17) is 4.74 Å². The minimum atomic E-state index is -3.84. The maximum absolute atomic E-state index is 13.6. The lowest BCUT2D eigenvalue weighted by atomic mass is 10.0. The standard InChI is InChI=1S/C26H33N3O4S/c1-19-15-29(20(2)18-30)34(31,32)26-11-10-22(9-8-21-6-7-21)13-24(26)33-25(19)17-28(3)16-23-5-4-12-27-14-23/h4-5,10-14,19-21,25,30H,6-7,15-18H2,1-3H3/t19-,20-,25+/m0/s1. The summed E-state index contributed by atoms with van der Waals surface area (Å²) in [6, 6.07) is 8.48. The van der Waals surface area contributed by atoms with Crippen molar-refractivity contribution in [3.8, 4) is 17.6 Å². The lowest BCUT2D eigenvalue weighted by Gasteiger charge is -2.37. The largest absolute Gasteiger partial charge is 0.487 e. The molecule has 3 atom stereocenters. The van der Waals surface area contributed by atoms with E-state index in [-0.39, 0.29) is 30.1 Å². The molecule has 2 aromatic rings. The number of likely N-dealkylation sites (N-methyl/N-ethyl adjacent to an activating group) is 1. The molecule has 4 rings (SSSR count). The second kappa shape index (κ2) is 10.4. The molecular formula is C26H33N3O4S. The molecular weight excluding hydrogens is 450 g/mol. The predicted molar refractivity (Wildman–Crippen MR) is 131 cm³/mol. The van der Waals surface area contributed by atoms with Crippen LogP contribution >= 0.6 is 0 Å². The highest BCUT2D eigenvalue weighted by molar-refractivity contribution is 7.89. The molecule has 2 heterocycles. The summed E-state index contributed by atoms with van der Waals surface area (Å²) in [4.78, 5) is 6.47. The molecule has 0 bridgehead atoms. The first-order chi connectivity index (χ1) is 16.3. The quantitative estimate of drug-likeness (QED) is 0.637. The van der Waals surface area contributed by atoms with Gasteiger partial charge in [-0.25, -0.2) is 8.42 Å². The number of sulfonamides is 1. The first kappa shape index (κ1) is 24.7. The Kier molecular flexibility index (Phi) is 7.58. The zero-order valence-corrected chi connectivity index (χ0v) is 20.8. The molecule has 1 saturated carbocycles. The van der Waals surface area contributed by atoms with Gasteiger partial charge in [-0.3, -0.25) is 9.88 Å². The van der Waals surface area contributed by atoms with E-state index in [0.717, 1.165) is 24.0 Å². The molecule has 0 unspecified atom stereocenters. The van der Waals surface area contributed by atoms with Crippen LogP contribution in [-0.4, -0.2) is 66.6 Å². The van der Waals surface area contributed by atoms with E-state index in [1.165, 1.54) is 4.31 Å². The number of fused-ring (bicyclic) bond motifs is 1. The Bertz CT molecular complexity index is 1160. The summed E-state index contributed by atoms with van der Waals surface area (Å²) < 4.78 is 35.0. The molecule has 1 aliphatic heterocycles. The molecule has 34 heavy (non-hydrogen) atoms. The fraction of sp³-hybridized carbons (Fsp3) is 0.500. The first-order valence-electron chi connectivity index (χ1n) is 11.8. The Balaban J connectivity index is 1.66. The second-order valence-corrected chi connectivity index (χ2v) is 11.4. The minimum absolute atomic E-state index is 0.102. The second-order valence-electron chi connectivity index (χ2n) is 9.50. The van der Waals surface area contributed by atoms with Gasteiger partial charge in [0.25, 0.3) is 0 Å². The number of hydrogen-bond donors (Lipinski definition) is 1. The average molecular weight is 484 g/mol. The van der Waals surface area contributed by atoms with Gasteiger partial charge in [-0.05, 0) is 56.6 Å². The molecule has 7 nitrogen and oxygen atoms in total. The van der Waals surface area contributed by atoms with Crippen LogP contribution in [0.15, 0.2) is 47.6 Å². The van der Waals surface area contributed by atoms with Crippen molar-refractivity contribution in [1.29, 1.82) is 0 Å². The Hall–Kier alpha value is -2.44. The lowest BCUT2D eigenvalue weighted by Crippen LogP contribution is -2.49. The molecule has 1 fully saturated rings. The van der Waals surface area contributed by atoms with Crippen molar-refractivity contribution in [3.63, 3.8) is 0 Å². The van der Waals surface area contributed by atoms with Gasteiger partial charge in [-0.2, -0.15) is 4.31 Å². The molecule has 1 aliphatic carbocycles. The van der Waals surface area contributed by atoms with Crippen molar-refractivity contribution >= 4 is 10.0 Å². The van der Waals surface area contributed by atoms with Gasteiger partial charge in [0.05, 0.1) is 6.61 Å². The molecule has 182 valence electrons. The van der Waals surface area contributed by atoms with E-state index in [0.29, 0.717) is 24.8 Å². The summed E-state index contributed by atoms with van der Waals surface area (Å²) in [6.45, 7) is 5.04. The lowest BCUT2D eigenvalue weighted by molar-refractivity contribution is 0.0733. The van der Waals surface area contributed by atoms with E-state index in [1.54, 1.807) is 31.3 Å². The van der Waals surface area contributed by atoms with Gasteiger partial charge in [-0.1, -0.05) is 24.8 Å². The number of rotatable bonds is 6. The molecule has 1 N–H and O–H groups in total. The van der Waals surface area contributed by atoms with Gasteiger partial charge in [-0.15, -0.1) is 0 Å². The third-order valence-electron chi connectivity index (χ3n) is 6.33. The smallest absolute Gasteiger partial charge is 0.247 e. The normalized spacial score (nSPS) is 23.1. The van der Waals surface area contributed by atoms with E-state index in [9.17, 15) is 13.5 Å². The highest BCUT2D eigenvalue weighted by atomic mass is 32.2. The predicted octanol–water partition coefficient (Wildman–Crippen LogP) is 2.74. The number of aliphatic hydroxyl groups excluding tert-OH is 1. The van der Waals surface area contributed by atoms with Crippen molar-refractivity contribution < 1.29 is 18.3 Å². The third kappa shape index (κ3) is 5.78. The van der Waals surface area contributed by atoms with Gasteiger partial charge in [0.2, 0.25) is 10.0 Å². The highest BCUT2D eigenvalue weighted by Gasteiger charge is 2.38. The fourth-order valence-corrected chi connectivity index (χ4v) is 5.94. The SMILES string of the molecule is C[C@H]1CN([C@@H](C)CO)S(=O)(=O)c2ccc(C#CC3CC3)cc2O[C@@H]1CN(C)Cc1cccnc1. The topological polar surface area (TPSA) is 83.0 Å². The summed E-state index contributed by atoms with van der Waals surface area (Å²) in [7, 11) is -1.83. The number of benzene rings is 1. The van der Waals surface area contributed by atoms with Gasteiger partial charge in [0, 0.05) is 55.5 Å². The third-order valence-corrected chi connectivity index (χ3v) is 8.35. The summed E-state index contributed by atoms with van der Waals surface area (Å²) in [6.07, 6.45) is 5.59. The van der Waals surface area contributed by atoms with Crippen molar-refractivity contribution in [1.82, 2.24) is 14.2 Å². The van der Waals surface area contributed by atoms with Crippen LogP contribution in [0.4, 0.5) is 0 Å². The van der Waals surface area contributed by atoms with Crippen molar-refractivity contribution in [2.75, 3.05) is 26.7 Å². The number of hydrogen-bond acceptors (Lipinski definition) is 6. The first-order valence-corrected chi connectivity index (χ1v) is 13.2. The minimum Gasteiger partial charge on any atom is -0.487 e. The summed E-state index contributed by atoms with van der Waals surface area (Å²) in [5, 5.41) is 9.79. The van der Waals surface area contributed by atoms with Crippen molar-refractivity contribution in [2.24, 2.45) is 11.8 Å². The van der Waals surface area contributed by atoms with Crippen molar-refractivity contribution in [2.45, 2.75) is 50.3 Å². The molecule has 0 amide bonds. The number of aliphatic hydroxyl groups is 1. The maximum Gasteiger partial charge on any atom is 0.247 e. The monoisotopic (exact) mass is 483 g/mol. The molecule has 0 radical (unpaired) electrons. The van der Waals surface area contributed by atoms with Crippen LogP contribution in [0.3, 0.4) is 0 Å². The molecule has 2 aliphatic rings. The zero-order chi connectivity index (χ0) is 24.3. The Morgan fingerprint density at radius 3 is 2.79 bits per heavy atom. The van der Waals surface area contributed by atoms with E-state index >= 15 is 0 Å². The number of aromatic nitrogens is 1. The highest BCUT2D eigenvalue weighted by Crippen LogP contribution is 2.34. The van der Waals surface area contributed by atoms with Crippen LogP contribution in [0.2, 0.25) is 0 Å². The molecule has 1 aromatic heterocycles. The number of pyridine rings is 1. The zero-order valence-electron chi connectivity index (χ0n) is 20.0. The van der Waals surface area contributed by atoms with Crippen LogP contribution in [0, 0.1) is 23.7 Å². The van der Waals surface area contributed by atoms with Gasteiger partial charge in [0.1, 0.15) is 16.7 Å². The Morgan fingerprint density at radius 1 is 1.32 bits per heavy atom. The molecule has 8 heteroatoms. The number of nitrogens with zero attached hydrogens (tertiary/aromatic N) is 3. The summed E-state index contributed by atoms with van der Waals surface area (Å²) >= 11 is 0. The molecule has 0 spiro atoms. The molecule has 0 saturated heterocycles. The van der Waals surface area contributed by atoms with Gasteiger partial charge in [0.15, 0.2) is 0 Å². The summed E-state index contributed by atoms with van der Waals surface area (Å²) in [5.41, 5.74) is 1.85. The molecule has 1 aromatic carbocycles. The van der Waals surface area contributed by atoms with Crippen LogP contribution in [0.25, 0.3) is 0 Å². The fourth-order valence-electron chi connectivity index (χ4n) is 4.11. The van der Waals surface area contributed by atoms with E-state index in [1.807, 2.05) is 32.3 Å². The summed E-state index contributed by atoms with van der Waals surface area (Å²) in [5.74, 6) is 7.07. The van der Waals surface area contributed by atoms with Crippen LogP contribution < -0.4 is 4.74 Å².